The Hall–Kier alpha value is -2.04. The zero-order valence-corrected chi connectivity index (χ0v) is 20.6. The number of hydroxylamine groups is 1. The fourth-order valence-corrected chi connectivity index (χ4v) is 3.41. The summed E-state index contributed by atoms with van der Waals surface area (Å²) in [5.41, 5.74) is 2.61. The van der Waals surface area contributed by atoms with Crippen molar-refractivity contribution >= 4 is 23.2 Å². The van der Waals surface area contributed by atoms with Crippen LogP contribution in [0.25, 0.3) is 0 Å². The first-order chi connectivity index (χ1) is 14.5. The van der Waals surface area contributed by atoms with E-state index < -0.39 is 12.0 Å². The van der Waals surface area contributed by atoms with Crippen LogP contribution in [0, 0.1) is 0 Å². The fourth-order valence-electron chi connectivity index (χ4n) is 3.28. The highest BCUT2D eigenvalue weighted by molar-refractivity contribution is 6.30. The molecule has 31 heavy (non-hydrogen) atoms. The molecule has 0 aliphatic rings. The largest absolute Gasteiger partial charge is 0.480 e. The van der Waals surface area contributed by atoms with Crippen LogP contribution in [0.1, 0.15) is 78.9 Å². The summed E-state index contributed by atoms with van der Waals surface area (Å²) in [6.07, 6.45) is 1.58. The second-order valence-corrected chi connectivity index (χ2v) is 9.76. The highest BCUT2D eigenvalue weighted by Gasteiger charge is 2.30. The summed E-state index contributed by atoms with van der Waals surface area (Å²) < 4.78 is 6.24. The molecular formula is C26H36ClNO3. The van der Waals surface area contributed by atoms with E-state index in [1.165, 1.54) is 5.56 Å². The minimum absolute atomic E-state index is 0.0492. The van der Waals surface area contributed by atoms with E-state index in [-0.39, 0.29) is 10.8 Å². The third-order valence-electron chi connectivity index (χ3n) is 6.45. The van der Waals surface area contributed by atoms with Crippen LogP contribution in [-0.2, 0) is 15.6 Å². The van der Waals surface area contributed by atoms with Crippen LogP contribution in [0.2, 0.25) is 5.02 Å². The average Bonchev–Trinajstić information content (AvgIpc) is 2.76. The molecule has 2 aromatic carbocycles. The van der Waals surface area contributed by atoms with Gasteiger partial charge in [0.15, 0.2) is 6.10 Å². The molecule has 1 amide bonds. The van der Waals surface area contributed by atoms with Crippen molar-refractivity contribution in [1.82, 2.24) is 0 Å². The van der Waals surface area contributed by atoms with Crippen LogP contribution in [-0.4, -0.2) is 17.2 Å². The maximum absolute atomic E-state index is 13.0. The summed E-state index contributed by atoms with van der Waals surface area (Å²) >= 11 is 5.91. The van der Waals surface area contributed by atoms with E-state index in [2.05, 4.69) is 53.7 Å². The van der Waals surface area contributed by atoms with Gasteiger partial charge in [-0.2, -0.15) is 5.06 Å². The van der Waals surface area contributed by atoms with Crippen LogP contribution < -0.4 is 9.80 Å². The topological polar surface area (TPSA) is 49.8 Å². The molecule has 1 unspecified atom stereocenters. The maximum Gasteiger partial charge on any atom is 0.291 e. The number of carbonyl (C=O) groups is 1. The van der Waals surface area contributed by atoms with Gasteiger partial charge in [0.05, 0.1) is 5.69 Å². The third-order valence-corrected chi connectivity index (χ3v) is 6.71. The maximum atomic E-state index is 13.0. The van der Waals surface area contributed by atoms with Gasteiger partial charge in [0.25, 0.3) is 5.91 Å². The number of ether oxygens (including phenoxy) is 1. The first kappa shape index (κ1) is 25.2. The first-order valence-electron chi connectivity index (χ1n) is 11.1. The lowest BCUT2D eigenvalue weighted by Gasteiger charge is -2.32. The van der Waals surface area contributed by atoms with Crippen molar-refractivity contribution in [3.63, 3.8) is 0 Å². The molecule has 4 nitrogen and oxygen atoms in total. The molecule has 0 bridgehead atoms. The summed E-state index contributed by atoms with van der Waals surface area (Å²) in [6.45, 7) is 15.1. The predicted molar refractivity (Wildman–Crippen MR) is 129 cm³/mol. The summed E-state index contributed by atoms with van der Waals surface area (Å²) in [7, 11) is 0. The molecule has 1 N–H and O–H groups in total. The second kappa shape index (κ2) is 10.1. The van der Waals surface area contributed by atoms with E-state index in [4.69, 9.17) is 16.3 Å². The highest BCUT2D eigenvalue weighted by atomic mass is 35.5. The fraction of sp³-hybridized carbons (Fsp3) is 0.500. The average molecular weight is 446 g/mol. The molecule has 0 aliphatic carbocycles. The van der Waals surface area contributed by atoms with Gasteiger partial charge in [-0.05, 0) is 66.0 Å². The molecule has 0 fully saturated rings. The Kier molecular flexibility index (Phi) is 8.18. The summed E-state index contributed by atoms with van der Waals surface area (Å²) in [5.74, 6) is 0.176. The van der Waals surface area contributed by atoms with Gasteiger partial charge in [-0.3, -0.25) is 10.0 Å². The normalized spacial score (nSPS) is 13.1. The monoisotopic (exact) mass is 445 g/mol. The number of amides is 1. The van der Waals surface area contributed by atoms with Crippen molar-refractivity contribution < 1.29 is 14.7 Å². The van der Waals surface area contributed by atoms with Gasteiger partial charge in [-0.15, -0.1) is 0 Å². The number of halogens is 1. The van der Waals surface area contributed by atoms with Crippen molar-refractivity contribution in [3.8, 4) is 5.75 Å². The van der Waals surface area contributed by atoms with E-state index in [1.54, 1.807) is 24.3 Å². The van der Waals surface area contributed by atoms with Gasteiger partial charge in [-0.1, -0.05) is 72.2 Å². The Morgan fingerprint density at radius 1 is 1.00 bits per heavy atom. The molecule has 0 spiro atoms. The highest BCUT2D eigenvalue weighted by Crippen LogP contribution is 2.39. The zero-order chi connectivity index (χ0) is 23.4. The van der Waals surface area contributed by atoms with E-state index >= 15 is 0 Å². The zero-order valence-electron chi connectivity index (χ0n) is 19.8. The van der Waals surface area contributed by atoms with Crippen molar-refractivity contribution in [2.24, 2.45) is 0 Å². The molecule has 0 heterocycles. The molecule has 0 aliphatic heterocycles. The molecule has 0 aromatic heterocycles. The van der Waals surface area contributed by atoms with Crippen LogP contribution in [0.15, 0.2) is 42.5 Å². The molecule has 2 rings (SSSR count). The van der Waals surface area contributed by atoms with E-state index in [1.807, 2.05) is 13.0 Å². The summed E-state index contributed by atoms with van der Waals surface area (Å²) in [6, 6.07) is 12.7. The van der Waals surface area contributed by atoms with E-state index in [0.29, 0.717) is 27.9 Å². The number of hydrogen-bond acceptors (Lipinski definition) is 3. The smallest absolute Gasteiger partial charge is 0.291 e. The van der Waals surface area contributed by atoms with Gasteiger partial charge in [0.2, 0.25) is 0 Å². The minimum Gasteiger partial charge on any atom is -0.480 e. The quantitative estimate of drug-likeness (QED) is 0.325. The van der Waals surface area contributed by atoms with Crippen LogP contribution in [0.4, 0.5) is 5.69 Å². The van der Waals surface area contributed by atoms with Crippen molar-refractivity contribution in [1.29, 1.82) is 0 Å². The number of benzene rings is 2. The van der Waals surface area contributed by atoms with E-state index in [0.717, 1.165) is 18.4 Å². The number of hydrogen-bond donors (Lipinski definition) is 1. The number of nitrogens with zero attached hydrogens (tertiary/aromatic N) is 1. The molecule has 0 saturated carbocycles. The SMILES string of the molecule is CCC(Oc1ccc(C(C)(C)CC)cc1C(C)(C)CC)C(=O)N(O)c1ccc(Cl)cc1. The Balaban J connectivity index is 2.39. The predicted octanol–water partition coefficient (Wildman–Crippen LogP) is 7.30. The Morgan fingerprint density at radius 3 is 2.10 bits per heavy atom. The van der Waals surface area contributed by atoms with Crippen molar-refractivity contribution in [3.05, 3.63) is 58.6 Å². The second-order valence-electron chi connectivity index (χ2n) is 9.33. The molecule has 170 valence electrons. The van der Waals surface area contributed by atoms with Crippen molar-refractivity contribution in [2.45, 2.75) is 84.7 Å². The van der Waals surface area contributed by atoms with Gasteiger partial charge in [-0.25, -0.2) is 0 Å². The summed E-state index contributed by atoms with van der Waals surface area (Å²) in [4.78, 5) is 13.0. The molecule has 1 atom stereocenters. The lowest BCUT2D eigenvalue weighted by molar-refractivity contribution is -0.130. The number of anilines is 1. The third kappa shape index (κ3) is 5.81. The molecular weight excluding hydrogens is 410 g/mol. The number of carbonyl (C=O) groups excluding carboxylic acids is 1. The van der Waals surface area contributed by atoms with Gasteiger partial charge >= 0.3 is 0 Å². The first-order valence-corrected chi connectivity index (χ1v) is 11.4. The van der Waals surface area contributed by atoms with Gasteiger partial charge in [0.1, 0.15) is 5.75 Å². The minimum atomic E-state index is -0.808. The Bertz CT molecular complexity index is 890. The lowest BCUT2D eigenvalue weighted by atomic mass is 9.76. The van der Waals surface area contributed by atoms with Gasteiger partial charge < -0.3 is 4.74 Å². The van der Waals surface area contributed by atoms with Gasteiger partial charge in [0, 0.05) is 10.6 Å². The van der Waals surface area contributed by atoms with Crippen LogP contribution in [0.3, 0.4) is 0 Å². The van der Waals surface area contributed by atoms with Crippen molar-refractivity contribution in [2.75, 3.05) is 5.06 Å². The van der Waals surface area contributed by atoms with E-state index in [9.17, 15) is 10.0 Å². The number of rotatable bonds is 9. The molecule has 5 heteroatoms. The van der Waals surface area contributed by atoms with Crippen LogP contribution in [0.5, 0.6) is 5.75 Å². The lowest BCUT2D eigenvalue weighted by Crippen LogP contribution is -2.40. The molecule has 0 radical (unpaired) electrons. The Morgan fingerprint density at radius 2 is 1.58 bits per heavy atom. The Labute approximate surface area is 192 Å². The summed E-state index contributed by atoms with van der Waals surface area (Å²) in [5, 5.41) is 11.7. The standard InChI is InChI=1S/C26H36ClNO3/c1-8-22(24(29)28(30)20-14-12-19(27)13-15-20)31-23-16-11-18(25(4,5)9-2)17-21(23)26(6,7)10-3/h11-17,22,30H,8-10H2,1-7H3. The molecule has 0 saturated heterocycles. The van der Waals surface area contributed by atoms with Crippen LogP contribution >= 0.6 is 11.6 Å². The molecule has 2 aromatic rings.